The van der Waals surface area contributed by atoms with Gasteiger partial charge in [-0.25, -0.2) is 0 Å². The van der Waals surface area contributed by atoms with Crippen molar-refractivity contribution in [3.05, 3.63) is 143 Å². The third kappa shape index (κ3) is 10.1. The zero-order valence-electron chi connectivity index (χ0n) is 32.0. The van der Waals surface area contributed by atoms with Crippen LogP contribution in [0.25, 0.3) is 0 Å². The molecule has 4 N–H and O–H groups in total. The maximum atomic E-state index is 14.3. The molecule has 2 saturated heterocycles. The zero-order valence-corrected chi connectivity index (χ0v) is 32.0. The van der Waals surface area contributed by atoms with E-state index in [0.717, 1.165) is 47.5 Å². The van der Waals surface area contributed by atoms with Gasteiger partial charge in [-0.2, -0.15) is 0 Å². The smallest absolute Gasteiger partial charge is 0.251 e. The maximum absolute atomic E-state index is 14.3. The summed E-state index contributed by atoms with van der Waals surface area (Å²) in [6.07, 6.45) is 1.09. The fraction of sp³-hybridized carbons (Fsp3) is 0.413. The van der Waals surface area contributed by atoms with Crippen molar-refractivity contribution in [3.8, 4) is 0 Å². The largest absolute Gasteiger partial charge is 0.391 e. The highest BCUT2D eigenvalue weighted by Crippen LogP contribution is 2.33. The average molecular weight is 759 g/mol. The van der Waals surface area contributed by atoms with Crippen LogP contribution in [0.15, 0.2) is 109 Å². The number of hydrogen-bond acceptors (Lipinski definition) is 7. The summed E-state index contributed by atoms with van der Waals surface area (Å²) in [5.74, 6) is -1.30. The minimum Gasteiger partial charge on any atom is -0.391 e. The van der Waals surface area contributed by atoms with E-state index >= 15 is 0 Å². The van der Waals surface area contributed by atoms with Crippen LogP contribution in [0.1, 0.15) is 57.1 Å². The van der Waals surface area contributed by atoms with Crippen LogP contribution in [0.4, 0.5) is 0 Å². The van der Waals surface area contributed by atoms with Crippen molar-refractivity contribution >= 4 is 17.7 Å². The van der Waals surface area contributed by atoms with Gasteiger partial charge in [0.2, 0.25) is 11.8 Å². The van der Waals surface area contributed by atoms with Crippen LogP contribution in [0.3, 0.4) is 0 Å². The second-order valence-corrected chi connectivity index (χ2v) is 15.6. The van der Waals surface area contributed by atoms with E-state index in [2.05, 4.69) is 27.7 Å². The molecular weight excluding hydrogens is 705 g/mol. The molecule has 0 saturated carbocycles. The highest BCUT2D eigenvalue weighted by Gasteiger charge is 2.41. The van der Waals surface area contributed by atoms with Gasteiger partial charge >= 0.3 is 0 Å². The Hall–Kier alpha value is -4.87. The summed E-state index contributed by atoms with van der Waals surface area (Å²) < 4.78 is 5.42. The number of carbonyl (C=O) groups is 3. The van der Waals surface area contributed by atoms with Crippen LogP contribution < -0.4 is 10.6 Å². The van der Waals surface area contributed by atoms with Crippen LogP contribution in [0.2, 0.25) is 0 Å². The molecule has 1 aliphatic carbocycles. The zero-order chi connectivity index (χ0) is 38.9. The summed E-state index contributed by atoms with van der Waals surface area (Å²) in [7, 11) is 0. The lowest BCUT2D eigenvalue weighted by Crippen LogP contribution is -2.43. The van der Waals surface area contributed by atoms with E-state index in [4.69, 9.17) is 4.74 Å². The number of carbonyl (C=O) groups excluding carboxylic acids is 3. The molecule has 56 heavy (non-hydrogen) atoms. The molecule has 3 amide bonds. The van der Waals surface area contributed by atoms with Crippen molar-refractivity contribution in [1.29, 1.82) is 0 Å². The molecule has 3 aliphatic rings. The standard InChI is InChI=1S/C46H54N4O6/c51-40(29-37(24-32-10-3-1-4-11-32)45(54)48-43-41-17-8-7-15-35(41)30-42(43)52)31-50-39(27-33-12-5-2-6-13-33)28-38(46(50)55)26-34-14-9-16-36(25-34)44(53)47-18-19-49-20-22-56-23-21-49/h1-17,25,37-40,42-43,51-52H,18-24,26-31H2,(H,47,53)(H,48,54)/t37-,38+,39+,40+,42-,43+/m1/s1. The number of amides is 3. The van der Waals surface area contributed by atoms with Crippen molar-refractivity contribution in [2.24, 2.45) is 11.8 Å². The minimum atomic E-state index is -0.958. The predicted molar refractivity (Wildman–Crippen MR) is 215 cm³/mol. The molecule has 7 rings (SSSR count). The van der Waals surface area contributed by atoms with Crippen LogP contribution in [-0.2, 0) is 40.0 Å². The van der Waals surface area contributed by atoms with E-state index in [9.17, 15) is 24.6 Å². The molecule has 2 aliphatic heterocycles. The Morgan fingerprint density at radius 3 is 2.30 bits per heavy atom. The minimum absolute atomic E-state index is 0.0277. The molecular formula is C46H54N4O6. The number of ether oxygens (including phenoxy) is 1. The van der Waals surface area contributed by atoms with Crippen molar-refractivity contribution < 1.29 is 29.3 Å². The van der Waals surface area contributed by atoms with Crippen molar-refractivity contribution in [1.82, 2.24) is 20.4 Å². The number of nitrogens with zero attached hydrogens (tertiary/aromatic N) is 2. The molecule has 0 radical (unpaired) electrons. The van der Waals surface area contributed by atoms with E-state index in [0.29, 0.717) is 57.4 Å². The van der Waals surface area contributed by atoms with E-state index in [1.54, 1.807) is 6.07 Å². The fourth-order valence-corrected chi connectivity index (χ4v) is 8.67. The van der Waals surface area contributed by atoms with Gasteiger partial charge in [-0.3, -0.25) is 19.3 Å². The van der Waals surface area contributed by atoms with Gasteiger partial charge < -0.3 is 30.5 Å². The number of morpholine rings is 1. The number of aliphatic hydroxyl groups is 2. The molecule has 0 unspecified atom stereocenters. The molecule has 0 bridgehead atoms. The second-order valence-electron chi connectivity index (χ2n) is 15.6. The Morgan fingerprint density at radius 1 is 0.839 bits per heavy atom. The summed E-state index contributed by atoms with van der Waals surface area (Å²) in [5, 5.41) is 28.8. The first-order valence-corrected chi connectivity index (χ1v) is 20.1. The molecule has 2 heterocycles. The van der Waals surface area contributed by atoms with Crippen molar-refractivity contribution in [2.45, 2.75) is 62.8 Å². The quantitative estimate of drug-likeness (QED) is 0.135. The number of β-amino-alcohol motifs (C(OH)–C–C–N with tert-alkyl or cyclic N) is 1. The van der Waals surface area contributed by atoms with E-state index in [1.807, 2.05) is 95.9 Å². The molecule has 4 aromatic carbocycles. The Bertz CT molecular complexity index is 1920. The van der Waals surface area contributed by atoms with E-state index in [-0.39, 0.29) is 42.6 Å². The third-order valence-electron chi connectivity index (χ3n) is 11.6. The van der Waals surface area contributed by atoms with Crippen LogP contribution >= 0.6 is 0 Å². The molecule has 6 atom stereocenters. The van der Waals surface area contributed by atoms with Gasteiger partial charge in [0.1, 0.15) is 0 Å². The van der Waals surface area contributed by atoms with Crippen molar-refractivity contribution in [3.63, 3.8) is 0 Å². The first-order valence-electron chi connectivity index (χ1n) is 20.1. The van der Waals surface area contributed by atoms with Gasteiger partial charge in [0.15, 0.2) is 0 Å². The highest BCUT2D eigenvalue weighted by atomic mass is 16.5. The molecule has 10 nitrogen and oxygen atoms in total. The molecule has 10 heteroatoms. The first-order chi connectivity index (χ1) is 27.3. The molecule has 2 fully saturated rings. The summed E-state index contributed by atoms with van der Waals surface area (Å²) in [5.41, 5.74) is 5.50. The van der Waals surface area contributed by atoms with Crippen LogP contribution in [0, 0.1) is 11.8 Å². The summed E-state index contributed by atoms with van der Waals surface area (Å²) in [6.45, 7) is 4.58. The van der Waals surface area contributed by atoms with Gasteiger partial charge in [-0.1, -0.05) is 97.1 Å². The Kier molecular flexibility index (Phi) is 13.2. The summed E-state index contributed by atoms with van der Waals surface area (Å²) in [6, 6.07) is 34.5. The average Bonchev–Trinajstić information content (AvgIpc) is 3.68. The number of rotatable bonds is 16. The fourth-order valence-electron chi connectivity index (χ4n) is 8.67. The predicted octanol–water partition coefficient (Wildman–Crippen LogP) is 4.14. The van der Waals surface area contributed by atoms with Gasteiger partial charge in [0.25, 0.3) is 5.91 Å². The Morgan fingerprint density at radius 2 is 1.54 bits per heavy atom. The molecule has 0 spiro atoms. The number of fused-ring (bicyclic) bond motifs is 1. The van der Waals surface area contributed by atoms with E-state index in [1.165, 1.54) is 0 Å². The number of benzene rings is 4. The van der Waals surface area contributed by atoms with Gasteiger partial charge in [0.05, 0.1) is 31.5 Å². The Labute approximate surface area is 329 Å². The lowest BCUT2D eigenvalue weighted by Gasteiger charge is -2.29. The monoisotopic (exact) mass is 758 g/mol. The maximum Gasteiger partial charge on any atom is 0.251 e. The van der Waals surface area contributed by atoms with Gasteiger partial charge in [0, 0.05) is 62.6 Å². The highest BCUT2D eigenvalue weighted by molar-refractivity contribution is 5.94. The first kappa shape index (κ1) is 39.4. The van der Waals surface area contributed by atoms with Crippen LogP contribution in [-0.4, -0.2) is 102 Å². The molecule has 0 aromatic heterocycles. The van der Waals surface area contributed by atoms with E-state index < -0.39 is 24.2 Å². The normalized spacial score (nSPS) is 22.0. The van der Waals surface area contributed by atoms with Crippen LogP contribution in [0.5, 0.6) is 0 Å². The van der Waals surface area contributed by atoms with Crippen molar-refractivity contribution in [2.75, 3.05) is 45.9 Å². The topological polar surface area (TPSA) is 131 Å². The lowest BCUT2D eigenvalue weighted by molar-refractivity contribution is -0.133. The SMILES string of the molecule is O=C(NCCN1CCOCC1)c1cccc(C[C@H]2C[C@H](Cc3ccccc3)N(C[C@@H](O)C[C@@H](Cc3ccccc3)C(=O)N[C@H]3c4ccccc4C[C@H]3O)C2=O)c1. The third-order valence-corrected chi connectivity index (χ3v) is 11.6. The van der Waals surface area contributed by atoms with Gasteiger partial charge in [-0.05, 0) is 72.1 Å². The number of nitrogens with one attached hydrogen (secondary N) is 2. The number of hydrogen-bond donors (Lipinski definition) is 4. The summed E-state index contributed by atoms with van der Waals surface area (Å²) in [4.78, 5) is 45.5. The molecule has 294 valence electrons. The lowest BCUT2D eigenvalue weighted by atomic mass is 9.91. The number of likely N-dealkylation sites (tertiary alicyclic amines) is 1. The second kappa shape index (κ2) is 18.8. The summed E-state index contributed by atoms with van der Waals surface area (Å²) >= 11 is 0. The molecule has 4 aromatic rings. The number of aliphatic hydroxyl groups excluding tert-OH is 2. The van der Waals surface area contributed by atoms with Gasteiger partial charge in [-0.15, -0.1) is 0 Å². The Balaban J connectivity index is 1.03.